The second-order valence-electron chi connectivity index (χ2n) is 24.9. The lowest BCUT2D eigenvalue weighted by Gasteiger charge is -2.24. The summed E-state index contributed by atoms with van der Waals surface area (Å²) in [4.78, 5) is 23.1. The van der Waals surface area contributed by atoms with Gasteiger partial charge in [0.1, 0.15) is 19.3 Å². The monoisotopic (exact) mass is 1100 g/mol. The van der Waals surface area contributed by atoms with Gasteiger partial charge in [0.2, 0.25) is 0 Å². The van der Waals surface area contributed by atoms with Crippen LogP contribution in [0.15, 0.2) is 0 Å². The van der Waals surface area contributed by atoms with Crippen LogP contribution in [-0.4, -0.2) is 75.6 Å². The highest BCUT2D eigenvalue weighted by molar-refractivity contribution is 7.47. The fourth-order valence-corrected chi connectivity index (χ4v) is 11.4. The molecule has 0 aliphatic heterocycles. The maximum absolute atomic E-state index is 12.9. The van der Waals surface area contributed by atoms with Crippen LogP contribution in [0.3, 0.4) is 0 Å². The fourth-order valence-electron chi connectivity index (χ4n) is 10.7. The number of esters is 1. The molecule has 8 nitrogen and oxygen atoms in total. The third-order valence-corrected chi connectivity index (χ3v) is 16.9. The number of ether oxygens (including phenoxy) is 2. The lowest BCUT2D eigenvalue weighted by atomic mass is 10.0. The number of likely N-dealkylation sites (N-methyl/N-ethyl adjacent to an activating group) is 1. The fraction of sp³-hybridized carbons (Fsp3) is 0.985. The molecule has 76 heavy (non-hydrogen) atoms. The van der Waals surface area contributed by atoms with Crippen molar-refractivity contribution in [2.24, 2.45) is 0 Å². The van der Waals surface area contributed by atoms with Gasteiger partial charge in [-0.05, 0) is 12.8 Å². The summed E-state index contributed by atoms with van der Waals surface area (Å²) in [5.41, 5.74) is 0. The van der Waals surface area contributed by atoms with E-state index in [4.69, 9.17) is 18.5 Å². The highest BCUT2D eigenvalue weighted by Gasteiger charge is 2.26. The number of unbranched alkanes of at least 4 members (excludes halogenated alkanes) is 52. The Labute approximate surface area is 476 Å². The summed E-state index contributed by atoms with van der Waals surface area (Å²) < 4.78 is 35.4. The first-order valence-electron chi connectivity index (χ1n) is 34.3. The lowest BCUT2D eigenvalue weighted by molar-refractivity contribution is -0.870. The summed E-state index contributed by atoms with van der Waals surface area (Å²) in [6.07, 6.45) is 73.7. The molecule has 0 saturated heterocycles. The average Bonchev–Trinajstić information content (AvgIpc) is 3.39. The Morgan fingerprint density at radius 2 is 0.605 bits per heavy atom. The SMILES string of the molecule is CCCCCCCCCCCCCCCCCCCCCCCCCCCCCCCCCCCCCCC(=O)O[C@H](COCCCCCCCCCCCCCCCCCCCC)COP(=O)(O)OCC[N+](C)(C)C. The Morgan fingerprint density at radius 1 is 0.355 bits per heavy atom. The summed E-state index contributed by atoms with van der Waals surface area (Å²) >= 11 is 0. The Kier molecular flexibility index (Phi) is 60.2. The number of hydrogen-bond acceptors (Lipinski definition) is 6. The Morgan fingerprint density at radius 3 is 0.868 bits per heavy atom. The van der Waals surface area contributed by atoms with Crippen molar-refractivity contribution in [2.45, 2.75) is 373 Å². The van der Waals surface area contributed by atoms with Crippen LogP contribution in [0, 0.1) is 0 Å². The molecular formula is C67H137NO7P+. The van der Waals surface area contributed by atoms with E-state index in [1.165, 1.54) is 315 Å². The van der Waals surface area contributed by atoms with E-state index in [1.807, 2.05) is 21.1 Å². The van der Waals surface area contributed by atoms with E-state index >= 15 is 0 Å². The smallest absolute Gasteiger partial charge is 0.457 e. The van der Waals surface area contributed by atoms with Crippen molar-refractivity contribution >= 4 is 13.8 Å². The van der Waals surface area contributed by atoms with Crippen molar-refractivity contribution in [3.05, 3.63) is 0 Å². The molecule has 0 fully saturated rings. The van der Waals surface area contributed by atoms with E-state index < -0.39 is 13.9 Å². The van der Waals surface area contributed by atoms with Crippen LogP contribution in [0.5, 0.6) is 0 Å². The summed E-state index contributed by atoms with van der Waals surface area (Å²) in [5, 5.41) is 0. The first-order chi connectivity index (χ1) is 37.1. The molecule has 0 amide bonds. The molecular weight excluding hydrogens is 962 g/mol. The van der Waals surface area contributed by atoms with Crippen LogP contribution in [-0.2, 0) is 27.9 Å². The first kappa shape index (κ1) is 75.5. The second-order valence-corrected chi connectivity index (χ2v) is 26.4. The topological polar surface area (TPSA) is 91.3 Å². The molecule has 1 N–H and O–H groups in total. The van der Waals surface area contributed by atoms with E-state index in [2.05, 4.69) is 13.8 Å². The molecule has 0 saturated carbocycles. The average molecular weight is 1100 g/mol. The van der Waals surface area contributed by atoms with Gasteiger partial charge in [0, 0.05) is 13.0 Å². The van der Waals surface area contributed by atoms with Crippen LogP contribution >= 0.6 is 7.82 Å². The quantitative estimate of drug-likeness (QED) is 0.0281. The largest absolute Gasteiger partial charge is 0.472 e. The lowest BCUT2D eigenvalue weighted by Crippen LogP contribution is -2.37. The highest BCUT2D eigenvalue weighted by Crippen LogP contribution is 2.43. The molecule has 0 aromatic carbocycles. The third kappa shape index (κ3) is 64.3. The van der Waals surface area contributed by atoms with Gasteiger partial charge in [0.25, 0.3) is 0 Å². The third-order valence-electron chi connectivity index (χ3n) is 15.9. The van der Waals surface area contributed by atoms with Gasteiger partial charge in [-0.2, -0.15) is 0 Å². The first-order valence-corrected chi connectivity index (χ1v) is 35.8. The van der Waals surface area contributed by atoms with Gasteiger partial charge in [0.05, 0.1) is 34.4 Å². The number of nitrogens with zero attached hydrogens (tertiary/aromatic N) is 1. The van der Waals surface area contributed by atoms with E-state index in [-0.39, 0.29) is 25.8 Å². The zero-order valence-electron chi connectivity index (χ0n) is 52.3. The van der Waals surface area contributed by atoms with Crippen molar-refractivity contribution in [1.29, 1.82) is 0 Å². The van der Waals surface area contributed by atoms with E-state index in [9.17, 15) is 14.3 Å². The maximum Gasteiger partial charge on any atom is 0.472 e. The number of phosphoric ester groups is 1. The zero-order chi connectivity index (χ0) is 55.4. The Bertz CT molecular complexity index is 1180. The molecule has 0 aliphatic carbocycles. The van der Waals surface area contributed by atoms with E-state index in [0.29, 0.717) is 24.1 Å². The normalized spacial score (nSPS) is 13.2. The summed E-state index contributed by atoms with van der Waals surface area (Å²) in [7, 11) is 1.70. The number of carbonyl (C=O) groups excluding carboxylic acids is 1. The van der Waals surface area contributed by atoms with E-state index in [0.717, 1.165) is 32.1 Å². The Hall–Kier alpha value is -0.500. The molecule has 2 atom stereocenters. The predicted molar refractivity (Wildman–Crippen MR) is 331 cm³/mol. The molecule has 0 aromatic heterocycles. The molecule has 0 heterocycles. The van der Waals surface area contributed by atoms with Crippen molar-refractivity contribution in [2.75, 3.05) is 54.1 Å². The molecule has 0 rings (SSSR count). The van der Waals surface area contributed by atoms with Gasteiger partial charge in [-0.3, -0.25) is 13.8 Å². The standard InChI is InChI=1S/C67H136NO7P/c1-6-8-10-12-14-16-18-20-22-24-26-27-28-29-30-31-32-33-34-35-36-37-38-39-40-41-42-43-44-46-48-50-52-54-56-58-60-67(69)75-66(65-74-76(70,71)73-63-61-68(3,4)5)64-72-62-59-57-55-53-51-49-47-45-25-23-21-19-17-15-13-11-9-7-2/h66H,6-65H2,1-5H3/p+1/t66-/m1/s1. The van der Waals surface area contributed by atoms with Gasteiger partial charge >= 0.3 is 13.8 Å². The number of phosphoric acid groups is 1. The molecule has 0 aromatic rings. The van der Waals surface area contributed by atoms with Crippen LogP contribution < -0.4 is 0 Å². The molecule has 9 heteroatoms. The van der Waals surface area contributed by atoms with Gasteiger partial charge in [0.15, 0.2) is 0 Å². The van der Waals surface area contributed by atoms with Crippen LogP contribution in [0.1, 0.15) is 367 Å². The number of hydrogen-bond donors (Lipinski definition) is 1. The highest BCUT2D eigenvalue weighted by atomic mass is 31.2. The van der Waals surface area contributed by atoms with Crippen LogP contribution in [0.2, 0.25) is 0 Å². The minimum atomic E-state index is -4.28. The second kappa shape index (κ2) is 60.6. The zero-order valence-corrected chi connectivity index (χ0v) is 53.2. The molecule has 0 aliphatic rings. The molecule has 0 radical (unpaired) electrons. The van der Waals surface area contributed by atoms with Gasteiger partial charge in [-0.15, -0.1) is 0 Å². The molecule has 0 spiro atoms. The predicted octanol–water partition coefficient (Wildman–Crippen LogP) is 22.2. The maximum atomic E-state index is 12.9. The number of rotatable bonds is 66. The van der Waals surface area contributed by atoms with Gasteiger partial charge < -0.3 is 18.9 Å². The summed E-state index contributed by atoms with van der Waals surface area (Å²) in [5.74, 6) is -0.301. The summed E-state index contributed by atoms with van der Waals surface area (Å²) in [6, 6.07) is 0. The molecule has 456 valence electrons. The summed E-state index contributed by atoms with van der Waals surface area (Å²) in [6.45, 7) is 5.73. The molecule has 1 unspecified atom stereocenters. The minimum Gasteiger partial charge on any atom is -0.457 e. The van der Waals surface area contributed by atoms with Crippen molar-refractivity contribution < 1.29 is 37.3 Å². The van der Waals surface area contributed by atoms with Gasteiger partial charge in [-0.25, -0.2) is 4.57 Å². The van der Waals surface area contributed by atoms with Gasteiger partial charge in [-0.1, -0.05) is 348 Å². The van der Waals surface area contributed by atoms with E-state index in [1.54, 1.807) is 0 Å². The van der Waals surface area contributed by atoms with Crippen LogP contribution in [0.4, 0.5) is 0 Å². The van der Waals surface area contributed by atoms with Crippen molar-refractivity contribution in [1.82, 2.24) is 0 Å². The number of quaternary nitrogens is 1. The Balaban J connectivity index is 3.82. The van der Waals surface area contributed by atoms with Crippen molar-refractivity contribution in [3.8, 4) is 0 Å². The van der Waals surface area contributed by atoms with Crippen LogP contribution in [0.25, 0.3) is 0 Å². The number of carbonyl (C=O) groups is 1. The minimum absolute atomic E-state index is 0.0946. The van der Waals surface area contributed by atoms with Crippen molar-refractivity contribution in [3.63, 3.8) is 0 Å². The molecule has 0 bridgehead atoms.